The number of aryl methyl sites for hydroxylation is 2. The third kappa shape index (κ3) is 3.42. The molecule has 5 nitrogen and oxygen atoms in total. The Kier molecular flexibility index (Phi) is 5.13. The van der Waals surface area contributed by atoms with Crippen molar-refractivity contribution in [3.8, 4) is 5.82 Å². The van der Waals surface area contributed by atoms with Gasteiger partial charge < -0.3 is 14.8 Å². The van der Waals surface area contributed by atoms with Crippen molar-refractivity contribution in [3.05, 3.63) is 77.0 Å². The van der Waals surface area contributed by atoms with Crippen LogP contribution < -0.4 is 5.32 Å². The van der Waals surface area contributed by atoms with Gasteiger partial charge in [0.2, 0.25) is 0 Å². The number of thiocarbonyl (C=S) groups is 1. The van der Waals surface area contributed by atoms with E-state index in [0.717, 1.165) is 22.3 Å². The zero-order valence-corrected chi connectivity index (χ0v) is 18.4. The van der Waals surface area contributed by atoms with Crippen molar-refractivity contribution < 1.29 is 0 Å². The molecule has 0 amide bonds. The molecule has 0 spiro atoms. The Labute approximate surface area is 177 Å². The van der Waals surface area contributed by atoms with Crippen LogP contribution in [-0.4, -0.2) is 30.6 Å². The monoisotopic (exact) mass is 405 g/mol. The number of aromatic nitrogens is 3. The van der Waals surface area contributed by atoms with Crippen molar-refractivity contribution in [2.24, 2.45) is 0 Å². The largest absolute Gasteiger partial charge is 0.352 e. The second kappa shape index (κ2) is 7.59. The van der Waals surface area contributed by atoms with Crippen LogP contribution in [0.2, 0.25) is 0 Å². The van der Waals surface area contributed by atoms with E-state index in [4.69, 9.17) is 12.2 Å². The number of nitrogens with one attached hydrogen (secondary N) is 1. The first kappa shape index (κ1) is 19.6. The summed E-state index contributed by atoms with van der Waals surface area (Å²) in [4.78, 5) is 11.5. The maximum absolute atomic E-state index is 5.73. The smallest absolute Gasteiger partial charge is 0.170 e. The molecule has 150 valence electrons. The summed E-state index contributed by atoms with van der Waals surface area (Å²) in [6.45, 7) is 10.8. The van der Waals surface area contributed by atoms with E-state index < -0.39 is 0 Å². The molecular formula is C23H27N5S. The van der Waals surface area contributed by atoms with Crippen molar-refractivity contribution in [1.82, 2.24) is 24.8 Å². The van der Waals surface area contributed by atoms with E-state index in [1.165, 1.54) is 16.8 Å². The second-order valence-corrected chi connectivity index (χ2v) is 8.37. The Morgan fingerprint density at radius 2 is 1.83 bits per heavy atom. The van der Waals surface area contributed by atoms with Crippen LogP contribution in [0.5, 0.6) is 0 Å². The van der Waals surface area contributed by atoms with E-state index in [9.17, 15) is 0 Å². The van der Waals surface area contributed by atoms with Gasteiger partial charge in [0, 0.05) is 29.8 Å². The Balaban J connectivity index is 1.86. The highest BCUT2D eigenvalue weighted by atomic mass is 32.1. The fraction of sp³-hybridized carbons (Fsp3) is 0.348. The number of nitrogens with zero attached hydrogens (tertiary/aromatic N) is 4. The van der Waals surface area contributed by atoms with Crippen molar-refractivity contribution in [2.45, 2.75) is 52.7 Å². The van der Waals surface area contributed by atoms with Crippen molar-refractivity contribution in [3.63, 3.8) is 0 Å². The van der Waals surface area contributed by atoms with Crippen molar-refractivity contribution in [1.29, 1.82) is 0 Å². The summed E-state index contributed by atoms with van der Waals surface area (Å²) in [7, 11) is 0. The Morgan fingerprint density at radius 3 is 2.48 bits per heavy atom. The first-order valence-electron chi connectivity index (χ1n) is 10.00. The number of pyridine rings is 2. The van der Waals surface area contributed by atoms with Crippen LogP contribution in [0.3, 0.4) is 0 Å². The molecule has 1 aliphatic rings. The van der Waals surface area contributed by atoms with E-state index in [1.54, 1.807) is 0 Å². The van der Waals surface area contributed by atoms with Crippen molar-refractivity contribution in [2.75, 3.05) is 0 Å². The SMILES string of the molecule is Cc1ccnc(-n2c(C)cc([C@@H]3[C@@H](c4ccccn4)NC(=S)N3C(C)C)c2C)c1. The quantitative estimate of drug-likeness (QED) is 0.644. The second-order valence-electron chi connectivity index (χ2n) is 7.98. The average Bonchev–Trinajstić information content (AvgIpc) is 3.18. The standard InChI is InChI=1S/C23H27N5S/c1-14(2)27-22(21(26-23(27)29)19-8-6-7-10-24-19)18-13-16(4)28(17(18)5)20-12-15(3)9-11-25-20/h6-14,21-22H,1-5H3,(H,26,29)/t21-,22-/m1/s1. The summed E-state index contributed by atoms with van der Waals surface area (Å²) >= 11 is 5.73. The summed E-state index contributed by atoms with van der Waals surface area (Å²) in [6, 6.07) is 12.8. The molecule has 0 radical (unpaired) electrons. The third-order valence-corrected chi connectivity index (χ3v) is 5.94. The molecule has 4 heterocycles. The molecule has 1 saturated heterocycles. The Bertz CT molecular complexity index is 1040. The molecule has 6 heteroatoms. The topological polar surface area (TPSA) is 46.0 Å². The zero-order chi connectivity index (χ0) is 20.7. The van der Waals surface area contributed by atoms with Gasteiger partial charge >= 0.3 is 0 Å². The van der Waals surface area contributed by atoms with Crippen LogP contribution in [0.25, 0.3) is 5.82 Å². The molecule has 1 N–H and O–H groups in total. The molecule has 4 rings (SSSR count). The van der Waals surface area contributed by atoms with E-state index in [1.807, 2.05) is 30.6 Å². The molecule has 0 unspecified atom stereocenters. The lowest BCUT2D eigenvalue weighted by Crippen LogP contribution is -2.35. The highest BCUT2D eigenvalue weighted by Crippen LogP contribution is 2.42. The summed E-state index contributed by atoms with van der Waals surface area (Å²) in [5.41, 5.74) is 5.80. The van der Waals surface area contributed by atoms with Gasteiger partial charge in [0.1, 0.15) is 5.82 Å². The minimum absolute atomic E-state index is 0.00511. The molecule has 0 saturated carbocycles. The van der Waals surface area contributed by atoms with E-state index in [-0.39, 0.29) is 18.1 Å². The first-order chi connectivity index (χ1) is 13.9. The average molecular weight is 406 g/mol. The maximum atomic E-state index is 5.73. The molecule has 3 aromatic heterocycles. The molecule has 0 bridgehead atoms. The third-order valence-electron chi connectivity index (χ3n) is 5.61. The van der Waals surface area contributed by atoms with Gasteiger partial charge in [0.15, 0.2) is 5.11 Å². The summed E-state index contributed by atoms with van der Waals surface area (Å²) < 4.78 is 2.23. The summed E-state index contributed by atoms with van der Waals surface area (Å²) in [5, 5.41) is 4.30. The lowest BCUT2D eigenvalue weighted by atomic mass is 9.96. The molecule has 1 aliphatic heterocycles. The van der Waals surface area contributed by atoms with Crippen LogP contribution in [0.15, 0.2) is 48.8 Å². The summed E-state index contributed by atoms with van der Waals surface area (Å²) in [5.74, 6) is 0.949. The molecule has 3 aromatic rings. The van der Waals surface area contributed by atoms with Gasteiger partial charge in [-0.15, -0.1) is 0 Å². The fourth-order valence-corrected chi connectivity index (χ4v) is 4.79. The molecule has 2 atom stereocenters. The van der Waals surface area contributed by atoms with Gasteiger partial charge in [0.25, 0.3) is 0 Å². The van der Waals surface area contributed by atoms with Gasteiger partial charge in [-0.2, -0.15) is 0 Å². The number of hydrogen-bond donors (Lipinski definition) is 1. The van der Waals surface area contributed by atoms with Gasteiger partial charge in [-0.25, -0.2) is 4.98 Å². The predicted molar refractivity (Wildman–Crippen MR) is 120 cm³/mol. The molecule has 29 heavy (non-hydrogen) atoms. The maximum Gasteiger partial charge on any atom is 0.170 e. The minimum Gasteiger partial charge on any atom is -0.352 e. The van der Waals surface area contributed by atoms with Crippen LogP contribution in [0, 0.1) is 20.8 Å². The van der Waals surface area contributed by atoms with Gasteiger partial charge in [-0.3, -0.25) is 4.98 Å². The molecule has 1 fully saturated rings. The van der Waals surface area contributed by atoms with Crippen LogP contribution in [-0.2, 0) is 0 Å². The normalized spacial score (nSPS) is 19.1. The first-order valence-corrected chi connectivity index (χ1v) is 10.4. The minimum atomic E-state index is 0.00511. The molecular weight excluding hydrogens is 378 g/mol. The predicted octanol–water partition coefficient (Wildman–Crippen LogP) is 4.57. The lowest BCUT2D eigenvalue weighted by Gasteiger charge is -2.31. The number of rotatable bonds is 4. The van der Waals surface area contributed by atoms with Crippen LogP contribution >= 0.6 is 12.2 Å². The van der Waals surface area contributed by atoms with Gasteiger partial charge in [-0.1, -0.05) is 6.07 Å². The highest BCUT2D eigenvalue weighted by Gasteiger charge is 2.42. The lowest BCUT2D eigenvalue weighted by molar-refractivity contribution is 0.269. The zero-order valence-electron chi connectivity index (χ0n) is 17.5. The van der Waals surface area contributed by atoms with Crippen LogP contribution in [0.4, 0.5) is 0 Å². The fourth-order valence-electron chi connectivity index (χ4n) is 4.34. The number of hydrogen-bond acceptors (Lipinski definition) is 3. The van der Waals surface area contributed by atoms with Crippen molar-refractivity contribution >= 4 is 17.3 Å². The Morgan fingerprint density at radius 1 is 1.03 bits per heavy atom. The summed E-state index contributed by atoms with van der Waals surface area (Å²) in [6.07, 6.45) is 3.71. The van der Waals surface area contributed by atoms with E-state index >= 15 is 0 Å². The van der Waals surface area contributed by atoms with Crippen LogP contribution in [0.1, 0.15) is 54.1 Å². The molecule has 0 aliphatic carbocycles. The van der Waals surface area contributed by atoms with E-state index in [0.29, 0.717) is 0 Å². The Hall–Kier alpha value is -2.73. The van der Waals surface area contributed by atoms with Gasteiger partial charge in [0.05, 0.1) is 17.8 Å². The van der Waals surface area contributed by atoms with Gasteiger partial charge in [-0.05, 0) is 88.3 Å². The molecule has 0 aromatic carbocycles. The van der Waals surface area contributed by atoms with E-state index in [2.05, 4.69) is 77.6 Å². The highest BCUT2D eigenvalue weighted by molar-refractivity contribution is 7.80.